The predicted molar refractivity (Wildman–Crippen MR) is 117 cm³/mol. The van der Waals surface area contributed by atoms with Crippen LogP contribution in [0.2, 0.25) is 0 Å². The van der Waals surface area contributed by atoms with Crippen molar-refractivity contribution in [3.05, 3.63) is 94.8 Å². The van der Waals surface area contributed by atoms with Crippen LogP contribution in [0.3, 0.4) is 0 Å². The van der Waals surface area contributed by atoms with Crippen LogP contribution in [0, 0.1) is 18.7 Å². The zero-order valence-corrected chi connectivity index (χ0v) is 17.2. The molecule has 0 aromatic heterocycles. The van der Waals surface area contributed by atoms with Gasteiger partial charge in [-0.2, -0.15) is 0 Å². The maximum Gasteiger partial charge on any atom is 0.255 e. The molecule has 0 aliphatic carbocycles. The van der Waals surface area contributed by atoms with Crippen LogP contribution in [-0.2, 0) is 17.8 Å². The van der Waals surface area contributed by atoms with E-state index in [0.717, 1.165) is 11.1 Å². The largest absolute Gasteiger partial charge is 0.492 e. The Kier molecular flexibility index (Phi) is 5.98. The van der Waals surface area contributed by atoms with E-state index in [2.05, 4.69) is 10.6 Å². The first-order valence-corrected chi connectivity index (χ1v) is 10.1. The molecule has 3 aromatic carbocycles. The van der Waals surface area contributed by atoms with Gasteiger partial charge in [-0.1, -0.05) is 35.9 Å². The van der Waals surface area contributed by atoms with Crippen LogP contribution in [0.25, 0.3) is 0 Å². The fourth-order valence-electron chi connectivity index (χ4n) is 3.60. The maximum atomic E-state index is 13.8. The molecule has 2 amide bonds. The number of fused-ring (bicyclic) bond motifs is 1. The Morgan fingerprint density at radius 3 is 2.71 bits per heavy atom. The Labute approximate surface area is 180 Å². The first-order valence-electron chi connectivity index (χ1n) is 10.1. The molecule has 0 saturated heterocycles. The van der Waals surface area contributed by atoms with Crippen LogP contribution in [0.1, 0.15) is 27.0 Å². The van der Waals surface area contributed by atoms with Crippen LogP contribution < -0.4 is 15.4 Å². The van der Waals surface area contributed by atoms with Crippen LogP contribution in [-0.4, -0.2) is 18.4 Å². The minimum absolute atomic E-state index is 0.126. The number of benzene rings is 3. The van der Waals surface area contributed by atoms with E-state index in [0.29, 0.717) is 29.0 Å². The molecule has 0 fully saturated rings. The molecule has 0 spiro atoms. The normalized spacial score (nSPS) is 14.8. The van der Waals surface area contributed by atoms with Gasteiger partial charge in [-0.3, -0.25) is 9.59 Å². The lowest BCUT2D eigenvalue weighted by Gasteiger charge is -2.25. The third-order valence-corrected chi connectivity index (χ3v) is 5.29. The first-order chi connectivity index (χ1) is 15.0. The van der Waals surface area contributed by atoms with Crippen molar-refractivity contribution in [3.63, 3.8) is 0 Å². The highest BCUT2D eigenvalue weighted by molar-refractivity contribution is 6.04. The molecule has 6 heteroatoms. The molecule has 0 radical (unpaired) electrons. The molecule has 5 nitrogen and oxygen atoms in total. The topological polar surface area (TPSA) is 67.4 Å². The number of carbonyl (C=O) groups excluding carboxylic acids is 2. The monoisotopic (exact) mass is 418 g/mol. The lowest BCUT2D eigenvalue weighted by Crippen LogP contribution is -2.37. The summed E-state index contributed by atoms with van der Waals surface area (Å²) in [4.78, 5) is 25.1. The Balaban J connectivity index is 1.40. The smallest absolute Gasteiger partial charge is 0.255 e. The molecule has 2 N–H and O–H groups in total. The number of halogens is 1. The van der Waals surface area contributed by atoms with Crippen LogP contribution in [0.4, 0.5) is 10.1 Å². The molecule has 158 valence electrons. The molecular weight excluding hydrogens is 395 g/mol. The summed E-state index contributed by atoms with van der Waals surface area (Å²) in [5.74, 6) is -0.418. The highest BCUT2D eigenvalue weighted by atomic mass is 19.1. The number of hydrogen-bond donors (Lipinski definition) is 2. The van der Waals surface area contributed by atoms with Crippen molar-refractivity contribution < 1.29 is 18.7 Å². The van der Waals surface area contributed by atoms with E-state index in [1.165, 1.54) is 6.07 Å². The highest BCUT2D eigenvalue weighted by Gasteiger charge is 2.26. The molecule has 1 atom stereocenters. The molecule has 1 heterocycles. The second kappa shape index (κ2) is 9.00. The first kappa shape index (κ1) is 20.6. The van der Waals surface area contributed by atoms with E-state index < -0.39 is 0 Å². The minimum atomic E-state index is -0.387. The summed E-state index contributed by atoms with van der Waals surface area (Å²) >= 11 is 0. The van der Waals surface area contributed by atoms with Gasteiger partial charge in [0.1, 0.15) is 18.2 Å². The number of nitrogens with one attached hydrogen (secondary N) is 2. The van der Waals surface area contributed by atoms with Crippen molar-refractivity contribution in [2.24, 2.45) is 5.92 Å². The maximum absolute atomic E-state index is 13.8. The molecule has 0 saturated carbocycles. The Hall–Kier alpha value is -3.67. The number of carbonyl (C=O) groups is 2. The summed E-state index contributed by atoms with van der Waals surface area (Å²) in [6, 6.07) is 19.1. The number of ether oxygens (including phenoxy) is 1. The zero-order chi connectivity index (χ0) is 21.8. The van der Waals surface area contributed by atoms with Crippen molar-refractivity contribution in [3.8, 4) is 5.75 Å². The molecular formula is C25H23FN2O3. The summed E-state index contributed by atoms with van der Waals surface area (Å²) in [6.45, 7) is 2.32. The van der Waals surface area contributed by atoms with Crippen LogP contribution >= 0.6 is 0 Å². The van der Waals surface area contributed by atoms with E-state index in [1.54, 1.807) is 36.4 Å². The van der Waals surface area contributed by atoms with E-state index in [-0.39, 0.29) is 36.7 Å². The summed E-state index contributed by atoms with van der Waals surface area (Å²) in [6.07, 6.45) is 0.479. The van der Waals surface area contributed by atoms with Crippen molar-refractivity contribution in [2.45, 2.75) is 19.9 Å². The number of amides is 2. The highest BCUT2D eigenvalue weighted by Crippen LogP contribution is 2.30. The average Bonchev–Trinajstić information content (AvgIpc) is 2.78. The number of hydrogen-bond acceptors (Lipinski definition) is 3. The molecule has 3 aromatic rings. The van der Waals surface area contributed by atoms with Gasteiger partial charge in [-0.05, 0) is 55.3 Å². The average molecular weight is 418 g/mol. The van der Waals surface area contributed by atoms with Gasteiger partial charge < -0.3 is 15.4 Å². The number of rotatable bonds is 5. The second-order valence-electron chi connectivity index (χ2n) is 7.67. The van der Waals surface area contributed by atoms with Crippen LogP contribution in [0.15, 0.2) is 66.7 Å². The molecule has 4 rings (SSSR count). The van der Waals surface area contributed by atoms with Gasteiger partial charge in [-0.25, -0.2) is 4.39 Å². The van der Waals surface area contributed by atoms with Crippen molar-refractivity contribution in [1.29, 1.82) is 0 Å². The van der Waals surface area contributed by atoms with E-state index in [9.17, 15) is 14.0 Å². The molecule has 0 bridgehead atoms. The van der Waals surface area contributed by atoms with Gasteiger partial charge in [0.25, 0.3) is 5.91 Å². The fraction of sp³-hybridized carbons (Fsp3) is 0.200. The fourth-order valence-corrected chi connectivity index (χ4v) is 3.60. The van der Waals surface area contributed by atoms with Gasteiger partial charge in [0.2, 0.25) is 5.91 Å². The summed E-state index contributed by atoms with van der Waals surface area (Å²) in [7, 11) is 0. The van der Waals surface area contributed by atoms with E-state index in [1.807, 2.05) is 31.2 Å². The Morgan fingerprint density at radius 1 is 1.06 bits per heavy atom. The lowest BCUT2D eigenvalue weighted by atomic mass is 9.95. The van der Waals surface area contributed by atoms with Crippen molar-refractivity contribution in [1.82, 2.24) is 5.32 Å². The predicted octanol–water partition coefficient (Wildman–Crippen LogP) is 4.25. The Bertz CT molecular complexity index is 1130. The second-order valence-corrected chi connectivity index (χ2v) is 7.67. The summed E-state index contributed by atoms with van der Waals surface area (Å²) in [5, 5.41) is 5.68. The molecule has 31 heavy (non-hydrogen) atoms. The molecule has 1 aliphatic rings. The van der Waals surface area contributed by atoms with Gasteiger partial charge in [0, 0.05) is 23.4 Å². The summed E-state index contributed by atoms with van der Waals surface area (Å²) in [5.41, 5.74) is 3.52. The lowest BCUT2D eigenvalue weighted by molar-refractivity contribution is -0.126. The van der Waals surface area contributed by atoms with Gasteiger partial charge in [-0.15, -0.1) is 0 Å². The third kappa shape index (κ3) is 4.91. The third-order valence-electron chi connectivity index (χ3n) is 5.29. The van der Waals surface area contributed by atoms with Crippen molar-refractivity contribution in [2.75, 3.05) is 11.9 Å². The zero-order valence-electron chi connectivity index (χ0n) is 17.2. The molecule has 1 aliphatic heterocycles. The number of aryl methyl sites for hydroxylation is 1. The minimum Gasteiger partial charge on any atom is -0.492 e. The standard InChI is InChI=1S/C25H23FN2O3/c1-16-5-4-7-17(11-16)25(30)28-21-9-10-23-19(13-21)12-20(15-31-23)24(29)27-14-18-6-2-3-8-22(18)26/h2-11,13,20H,12,14-15H2,1H3,(H,27,29)(H,28,30). The van der Waals surface area contributed by atoms with E-state index >= 15 is 0 Å². The SMILES string of the molecule is Cc1cccc(C(=O)Nc2ccc3c(c2)CC(C(=O)NCc2ccccc2F)CO3)c1. The summed E-state index contributed by atoms with van der Waals surface area (Å²) < 4.78 is 19.5. The number of anilines is 1. The quantitative estimate of drug-likeness (QED) is 0.651. The van der Waals surface area contributed by atoms with Crippen LogP contribution in [0.5, 0.6) is 5.75 Å². The van der Waals surface area contributed by atoms with Crippen molar-refractivity contribution >= 4 is 17.5 Å². The molecule has 1 unspecified atom stereocenters. The van der Waals surface area contributed by atoms with Gasteiger partial charge in [0.05, 0.1) is 5.92 Å². The van der Waals surface area contributed by atoms with Gasteiger partial charge in [0.15, 0.2) is 0 Å². The van der Waals surface area contributed by atoms with E-state index in [4.69, 9.17) is 4.74 Å². The Morgan fingerprint density at radius 2 is 1.90 bits per heavy atom. The van der Waals surface area contributed by atoms with Gasteiger partial charge >= 0.3 is 0 Å².